The van der Waals surface area contributed by atoms with E-state index in [1.54, 1.807) is 37.4 Å². The first-order chi connectivity index (χ1) is 17.9. The molecule has 3 aliphatic rings. The van der Waals surface area contributed by atoms with Crippen LogP contribution in [0.3, 0.4) is 0 Å². The van der Waals surface area contributed by atoms with E-state index in [1.807, 2.05) is 13.0 Å². The van der Waals surface area contributed by atoms with Gasteiger partial charge in [0.25, 0.3) is 11.7 Å². The predicted octanol–water partition coefficient (Wildman–Crippen LogP) is 2.78. The number of aliphatic hydroxyl groups is 1. The average molecular weight is 509 g/mol. The number of benzene rings is 2. The third-order valence-corrected chi connectivity index (χ3v) is 7.21. The summed E-state index contributed by atoms with van der Waals surface area (Å²) < 4.78 is 22.2. The number of morpholine rings is 1. The molecule has 2 aromatic carbocycles. The number of nitrogens with zero attached hydrogens (tertiary/aromatic N) is 2. The molecule has 5 rings (SSSR count). The normalized spacial score (nSPS) is 23.2. The standard InChI is InChI=1S/C28H32N2O7/c1-17-14-19-15-18(4-7-22(19)37-17)26(31)24-25(21-6-5-20(34-2)16-23(21)35-3)30(28(33)27(24)32)9-8-29-10-12-36-13-11-29/h4-7,15-17,25,31H,8-14H2,1-3H3. The molecule has 9 nitrogen and oxygen atoms in total. The molecule has 37 heavy (non-hydrogen) atoms. The fourth-order valence-electron chi connectivity index (χ4n) is 5.28. The number of Topliss-reactive ketones (excluding diaryl/α,β-unsaturated/α-hetero) is 1. The van der Waals surface area contributed by atoms with Crippen LogP contribution in [0.4, 0.5) is 0 Å². The molecule has 0 bridgehead atoms. The Kier molecular flexibility index (Phi) is 7.08. The van der Waals surface area contributed by atoms with Crippen molar-refractivity contribution in [2.75, 3.05) is 53.6 Å². The van der Waals surface area contributed by atoms with Gasteiger partial charge in [0.1, 0.15) is 29.1 Å². The monoisotopic (exact) mass is 508 g/mol. The quantitative estimate of drug-likeness (QED) is 0.347. The van der Waals surface area contributed by atoms with E-state index >= 15 is 0 Å². The molecular formula is C28H32N2O7. The highest BCUT2D eigenvalue weighted by molar-refractivity contribution is 6.46. The van der Waals surface area contributed by atoms with Crippen LogP contribution < -0.4 is 14.2 Å². The number of ketones is 1. The zero-order chi connectivity index (χ0) is 26.1. The van der Waals surface area contributed by atoms with Crippen molar-refractivity contribution in [2.45, 2.75) is 25.5 Å². The van der Waals surface area contributed by atoms with Gasteiger partial charge in [0.2, 0.25) is 0 Å². The zero-order valence-corrected chi connectivity index (χ0v) is 21.4. The lowest BCUT2D eigenvalue weighted by Crippen LogP contribution is -2.42. The first-order valence-corrected chi connectivity index (χ1v) is 12.5. The van der Waals surface area contributed by atoms with E-state index in [0.717, 1.165) is 24.4 Å². The number of carbonyl (C=O) groups excluding carboxylic acids is 2. The molecule has 0 radical (unpaired) electrons. The molecule has 0 aliphatic carbocycles. The number of ether oxygens (including phenoxy) is 4. The summed E-state index contributed by atoms with van der Waals surface area (Å²) in [6.07, 6.45) is 0.752. The second kappa shape index (κ2) is 10.4. The van der Waals surface area contributed by atoms with Crippen LogP contribution in [-0.4, -0.2) is 86.3 Å². The van der Waals surface area contributed by atoms with Gasteiger partial charge >= 0.3 is 0 Å². The van der Waals surface area contributed by atoms with E-state index in [9.17, 15) is 14.7 Å². The molecule has 2 atom stereocenters. The molecule has 9 heteroatoms. The summed E-state index contributed by atoms with van der Waals surface area (Å²) in [4.78, 5) is 30.5. The van der Waals surface area contributed by atoms with E-state index in [0.29, 0.717) is 55.4 Å². The Morgan fingerprint density at radius 2 is 1.84 bits per heavy atom. The van der Waals surface area contributed by atoms with Crippen LogP contribution >= 0.6 is 0 Å². The number of fused-ring (bicyclic) bond motifs is 1. The molecule has 1 amide bonds. The summed E-state index contributed by atoms with van der Waals surface area (Å²) in [6.45, 7) is 5.67. The number of likely N-dealkylation sites (tertiary alicyclic amines) is 1. The van der Waals surface area contributed by atoms with Gasteiger partial charge in [-0.15, -0.1) is 0 Å². The number of carbonyl (C=O) groups is 2. The van der Waals surface area contributed by atoms with E-state index < -0.39 is 17.7 Å². The van der Waals surface area contributed by atoms with Crippen molar-refractivity contribution in [3.63, 3.8) is 0 Å². The molecule has 196 valence electrons. The first kappa shape index (κ1) is 25.1. The minimum absolute atomic E-state index is 0.0433. The Morgan fingerprint density at radius 3 is 2.57 bits per heavy atom. The van der Waals surface area contributed by atoms with E-state index in [-0.39, 0.29) is 17.4 Å². The fraction of sp³-hybridized carbons (Fsp3) is 0.429. The lowest BCUT2D eigenvalue weighted by molar-refractivity contribution is -0.140. The fourth-order valence-corrected chi connectivity index (χ4v) is 5.28. The highest BCUT2D eigenvalue weighted by atomic mass is 16.5. The van der Waals surface area contributed by atoms with Gasteiger partial charge < -0.3 is 29.0 Å². The van der Waals surface area contributed by atoms with Crippen LogP contribution in [0.25, 0.3) is 5.76 Å². The molecule has 2 aromatic rings. The molecule has 0 spiro atoms. The molecule has 2 fully saturated rings. The Bertz CT molecular complexity index is 1240. The van der Waals surface area contributed by atoms with E-state index in [4.69, 9.17) is 18.9 Å². The number of methoxy groups -OCH3 is 2. The van der Waals surface area contributed by atoms with Gasteiger partial charge in [0, 0.05) is 49.8 Å². The highest BCUT2D eigenvalue weighted by Crippen LogP contribution is 2.44. The number of aliphatic hydroxyl groups excluding tert-OH is 1. The molecule has 0 aromatic heterocycles. The van der Waals surface area contributed by atoms with Crippen LogP contribution in [0.5, 0.6) is 17.2 Å². The number of amides is 1. The Balaban J connectivity index is 1.58. The average Bonchev–Trinajstić information content (AvgIpc) is 3.42. The van der Waals surface area contributed by atoms with Crippen molar-refractivity contribution < 1.29 is 33.6 Å². The summed E-state index contributed by atoms with van der Waals surface area (Å²) in [5.41, 5.74) is 2.07. The van der Waals surface area contributed by atoms with Crippen LogP contribution in [0, 0.1) is 0 Å². The van der Waals surface area contributed by atoms with Crippen molar-refractivity contribution >= 4 is 17.4 Å². The number of hydrogen-bond acceptors (Lipinski definition) is 8. The third kappa shape index (κ3) is 4.76. The maximum atomic E-state index is 13.4. The maximum absolute atomic E-state index is 13.4. The maximum Gasteiger partial charge on any atom is 0.295 e. The van der Waals surface area contributed by atoms with Crippen molar-refractivity contribution in [2.24, 2.45) is 0 Å². The topological polar surface area (TPSA) is 97.8 Å². The molecule has 3 heterocycles. The molecule has 1 N–H and O–H groups in total. The minimum atomic E-state index is -0.815. The summed E-state index contributed by atoms with van der Waals surface area (Å²) in [5.74, 6) is 0.243. The Hall–Kier alpha value is -3.56. The second-order valence-electron chi connectivity index (χ2n) is 9.51. The molecule has 3 aliphatic heterocycles. The smallest absolute Gasteiger partial charge is 0.295 e. The van der Waals surface area contributed by atoms with Gasteiger partial charge in [-0.1, -0.05) is 0 Å². The van der Waals surface area contributed by atoms with Gasteiger partial charge in [0.15, 0.2) is 0 Å². The largest absolute Gasteiger partial charge is 0.507 e. The molecule has 0 saturated carbocycles. The van der Waals surface area contributed by atoms with Crippen LogP contribution in [-0.2, 0) is 20.7 Å². The van der Waals surface area contributed by atoms with Gasteiger partial charge in [-0.3, -0.25) is 14.5 Å². The minimum Gasteiger partial charge on any atom is -0.507 e. The summed E-state index contributed by atoms with van der Waals surface area (Å²) >= 11 is 0. The van der Waals surface area contributed by atoms with Crippen LogP contribution in [0.1, 0.15) is 29.7 Å². The van der Waals surface area contributed by atoms with E-state index in [1.165, 1.54) is 12.0 Å². The van der Waals surface area contributed by atoms with Crippen LogP contribution in [0.15, 0.2) is 42.0 Å². The van der Waals surface area contributed by atoms with Gasteiger partial charge in [-0.2, -0.15) is 0 Å². The summed E-state index contributed by atoms with van der Waals surface area (Å²) in [5, 5.41) is 11.5. The van der Waals surface area contributed by atoms with Crippen molar-refractivity contribution in [1.29, 1.82) is 0 Å². The first-order valence-electron chi connectivity index (χ1n) is 12.5. The van der Waals surface area contributed by atoms with E-state index in [2.05, 4.69) is 4.90 Å². The zero-order valence-electron chi connectivity index (χ0n) is 21.4. The predicted molar refractivity (Wildman–Crippen MR) is 136 cm³/mol. The van der Waals surface area contributed by atoms with Crippen molar-refractivity contribution in [3.05, 3.63) is 58.7 Å². The second-order valence-corrected chi connectivity index (χ2v) is 9.51. The van der Waals surface area contributed by atoms with Gasteiger partial charge in [0.05, 0.1) is 39.0 Å². The summed E-state index contributed by atoms with van der Waals surface area (Å²) in [7, 11) is 3.08. The lowest BCUT2D eigenvalue weighted by Gasteiger charge is -2.31. The van der Waals surface area contributed by atoms with Crippen molar-refractivity contribution in [1.82, 2.24) is 9.80 Å². The van der Waals surface area contributed by atoms with Gasteiger partial charge in [-0.25, -0.2) is 0 Å². The number of hydrogen-bond donors (Lipinski definition) is 1. The SMILES string of the molecule is COc1ccc(C2C(=C(O)c3ccc4c(c3)CC(C)O4)C(=O)C(=O)N2CCN2CCOCC2)c(OC)c1. The Morgan fingerprint density at radius 1 is 1.05 bits per heavy atom. The Labute approximate surface area is 216 Å². The summed E-state index contributed by atoms with van der Waals surface area (Å²) in [6, 6.07) is 9.78. The lowest BCUT2D eigenvalue weighted by atomic mass is 9.93. The van der Waals surface area contributed by atoms with Crippen LogP contribution in [0.2, 0.25) is 0 Å². The third-order valence-electron chi connectivity index (χ3n) is 7.21. The van der Waals surface area contributed by atoms with Gasteiger partial charge in [-0.05, 0) is 42.8 Å². The molecular weight excluding hydrogens is 476 g/mol. The molecule has 2 saturated heterocycles. The highest BCUT2D eigenvalue weighted by Gasteiger charge is 2.47. The molecule has 2 unspecified atom stereocenters. The number of rotatable bonds is 7. The van der Waals surface area contributed by atoms with Crippen molar-refractivity contribution in [3.8, 4) is 17.2 Å².